The minimum Gasteiger partial charge on any atom is -0.387 e. The van der Waals surface area contributed by atoms with Gasteiger partial charge in [-0.05, 0) is 12.8 Å². The summed E-state index contributed by atoms with van der Waals surface area (Å²) < 4.78 is 22.5. The van der Waals surface area contributed by atoms with Gasteiger partial charge in [-0.3, -0.25) is 13.8 Å². The van der Waals surface area contributed by atoms with Gasteiger partial charge in [-0.2, -0.15) is 0 Å². The van der Waals surface area contributed by atoms with E-state index < -0.39 is 18.4 Å². The summed E-state index contributed by atoms with van der Waals surface area (Å²) >= 11 is 6.10. The third-order valence-electron chi connectivity index (χ3n) is 4.84. The van der Waals surface area contributed by atoms with Gasteiger partial charge in [-0.1, -0.05) is 99.2 Å². The largest absolute Gasteiger partial charge is 0.396 e. The van der Waals surface area contributed by atoms with Crippen molar-refractivity contribution in [3.8, 4) is 0 Å². The number of amides is 1. The van der Waals surface area contributed by atoms with Crippen molar-refractivity contribution in [3.63, 3.8) is 0 Å². The SMILES string of the molecule is CCCCCCCCCCCCC/C=C/[C@@H](O)[C@H](COP(=O)(Br)OCCBr)NC(C)=O. The average molecular weight is 591 g/mol. The van der Waals surface area contributed by atoms with E-state index in [1.807, 2.05) is 6.08 Å². The van der Waals surface area contributed by atoms with E-state index in [1.54, 1.807) is 6.08 Å². The maximum Gasteiger partial charge on any atom is 0.396 e. The van der Waals surface area contributed by atoms with Crippen LogP contribution in [0.3, 0.4) is 0 Å². The summed E-state index contributed by atoms with van der Waals surface area (Å²) in [5.41, 5.74) is 0. The molecule has 0 bridgehead atoms. The fourth-order valence-corrected chi connectivity index (χ4v) is 5.06. The quantitative estimate of drug-likeness (QED) is 0.0648. The molecule has 9 heteroatoms. The molecule has 0 radical (unpaired) electrons. The zero-order valence-electron chi connectivity index (χ0n) is 19.2. The first-order chi connectivity index (χ1) is 14.8. The fraction of sp³-hybridized carbons (Fsp3) is 0.864. The van der Waals surface area contributed by atoms with Gasteiger partial charge >= 0.3 is 6.30 Å². The van der Waals surface area contributed by atoms with Crippen molar-refractivity contribution in [1.82, 2.24) is 5.32 Å². The van der Waals surface area contributed by atoms with Crippen molar-refractivity contribution >= 4 is 43.6 Å². The smallest absolute Gasteiger partial charge is 0.387 e. The Morgan fingerprint density at radius 1 is 1.03 bits per heavy atom. The summed E-state index contributed by atoms with van der Waals surface area (Å²) in [6.07, 6.45) is 14.4. The van der Waals surface area contributed by atoms with Crippen molar-refractivity contribution in [2.45, 2.75) is 103 Å². The number of aliphatic hydroxyl groups is 1. The molecule has 0 fully saturated rings. The van der Waals surface area contributed by atoms with Gasteiger partial charge in [0.2, 0.25) is 5.91 Å². The number of carbonyl (C=O) groups excluding carboxylic acids is 1. The van der Waals surface area contributed by atoms with Gasteiger partial charge in [0, 0.05) is 27.7 Å². The van der Waals surface area contributed by atoms with Crippen LogP contribution in [-0.4, -0.2) is 41.7 Å². The van der Waals surface area contributed by atoms with Gasteiger partial charge in [0.1, 0.15) is 0 Å². The van der Waals surface area contributed by atoms with E-state index in [9.17, 15) is 14.5 Å². The molecule has 0 saturated carbocycles. The summed E-state index contributed by atoms with van der Waals surface area (Å²) in [5.74, 6) is -0.294. The van der Waals surface area contributed by atoms with Crippen LogP contribution in [0.2, 0.25) is 0 Å². The van der Waals surface area contributed by atoms with E-state index in [-0.39, 0.29) is 19.1 Å². The Morgan fingerprint density at radius 2 is 1.58 bits per heavy atom. The molecule has 0 aliphatic carbocycles. The number of nitrogens with one attached hydrogen (secondary N) is 1. The lowest BCUT2D eigenvalue weighted by atomic mass is 10.0. The van der Waals surface area contributed by atoms with Gasteiger partial charge in [-0.25, -0.2) is 4.57 Å². The van der Waals surface area contributed by atoms with Crippen molar-refractivity contribution in [1.29, 1.82) is 0 Å². The molecule has 0 aromatic heterocycles. The number of hydrogen-bond donors (Lipinski definition) is 2. The maximum atomic E-state index is 12.1. The maximum absolute atomic E-state index is 12.1. The number of carbonyl (C=O) groups is 1. The van der Waals surface area contributed by atoms with Crippen LogP contribution in [0.5, 0.6) is 0 Å². The Kier molecular flexibility index (Phi) is 21.0. The van der Waals surface area contributed by atoms with Crippen LogP contribution in [-0.2, 0) is 18.4 Å². The van der Waals surface area contributed by atoms with Crippen molar-refractivity contribution < 1.29 is 23.5 Å². The van der Waals surface area contributed by atoms with E-state index in [0.29, 0.717) is 5.33 Å². The Bertz CT molecular complexity index is 522. The summed E-state index contributed by atoms with van der Waals surface area (Å²) in [6, 6.07) is -0.704. The Morgan fingerprint density at radius 3 is 2.10 bits per heavy atom. The molecule has 0 aromatic rings. The topological polar surface area (TPSA) is 84.9 Å². The third-order valence-corrected chi connectivity index (χ3v) is 7.34. The average Bonchev–Trinajstić information content (AvgIpc) is 2.72. The normalized spacial score (nSPS) is 15.6. The second kappa shape index (κ2) is 20.9. The summed E-state index contributed by atoms with van der Waals surface area (Å²) in [7, 11) is 0. The highest BCUT2D eigenvalue weighted by Crippen LogP contribution is 2.56. The molecule has 0 aliphatic heterocycles. The van der Waals surface area contributed by atoms with E-state index in [2.05, 4.69) is 43.7 Å². The van der Waals surface area contributed by atoms with Crippen LogP contribution in [0, 0.1) is 0 Å². The first kappa shape index (κ1) is 31.3. The molecule has 0 aromatic carbocycles. The van der Waals surface area contributed by atoms with E-state index in [0.717, 1.165) is 12.8 Å². The highest BCUT2D eigenvalue weighted by atomic mass is 79.9. The third kappa shape index (κ3) is 20.6. The van der Waals surface area contributed by atoms with E-state index in [4.69, 9.17) is 9.05 Å². The summed E-state index contributed by atoms with van der Waals surface area (Å²) in [5, 5.41) is 13.5. The molecule has 2 N–H and O–H groups in total. The van der Waals surface area contributed by atoms with Gasteiger partial charge in [0.15, 0.2) is 0 Å². The number of aliphatic hydroxyl groups excluding tert-OH is 1. The minimum absolute atomic E-state index is 0.131. The Balaban J connectivity index is 4.03. The molecule has 0 spiro atoms. The molecule has 0 saturated heterocycles. The van der Waals surface area contributed by atoms with Gasteiger partial charge in [0.05, 0.1) is 25.4 Å². The monoisotopic (exact) mass is 589 g/mol. The molecule has 3 atom stereocenters. The first-order valence-corrected chi connectivity index (χ1v) is 16.3. The predicted molar refractivity (Wildman–Crippen MR) is 136 cm³/mol. The van der Waals surface area contributed by atoms with Gasteiger partial charge < -0.3 is 10.4 Å². The number of alkyl halides is 1. The molecule has 6 nitrogen and oxygen atoms in total. The first-order valence-electron chi connectivity index (χ1n) is 11.6. The molecule has 0 heterocycles. The lowest BCUT2D eigenvalue weighted by Crippen LogP contribution is -2.44. The van der Waals surface area contributed by atoms with Crippen molar-refractivity contribution in [3.05, 3.63) is 12.2 Å². The molecule has 31 heavy (non-hydrogen) atoms. The molecule has 184 valence electrons. The van der Waals surface area contributed by atoms with Crippen LogP contribution < -0.4 is 5.32 Å². The highest BCUT2D eigenvalue weighted by molar-refractivity contribution is 9.39. The van der Waals surface area contributed by atoms with Crippen molar-refractivity contribution in [2.75, 3.05) is 18.5 Å². The number of allylic oxidation sites excluding steroid dienone is 1. The highest BCUT2D eigenvalue weighted by Gasteiger charge is 2.25. The molecule has 1 amide bonds. The molecular formula is C22H42Br2NO5P. The van der Waals surface area contributed by atoms with Crippen molar-refractivity contribution in [2.24, 2.45) is 0 Å². The Labute approximate surface area is 205 Å². The zero-order valence-corrected chi connectivity index (χ0v) is 23.3. The van der Waals surface area contributed by atoms with Crippen LogP contribution >= 0.6 is 37.7 Å². The van der Waals surface area contributed by atoms with Crippen LogP contribution in [0.1, 0.15) is 90.9 Å². The van der Waals surface area contributed by atoms with Gasteiger partial charge in [-0.15, -0.1) is 0 Å². The Hall–Kier alpha value is 0.280. The van der Waals surface area contributed by atoms with Gasteiger partial charge in [0.25, 0.3) is 0 Å². The lowest BCUT2D eigenvalue weighted by molar-refractivity contribution is -0.120. The zero-order chi connectivity index (χ0) is 23.4. The number of unbranched alkanes of at least 4 members (excludes halogenated alkanes) is 11. The van der Waals surface area contributed by atoms with Crippen LogP contribution in [0.15, 0.2) is 12.2 Å². The standard InChI is InChI=1S/C22H42Br2NO5P/c1-3-4-5-6-7-8-9-10-11-12-13-14-15-16-22(27)21(25-20(2)26)19-30-31(24,28)29-18-17-23/h15-16,21-22,27H,3-14,17-19H2,1-2H3,(H,25,26)/b16-15+/t21-,22+,31?/m0/s1. The molecule has 0 rings (SSSR count). The predicted octanol–water partition coefficient (Wildman–Crippen LogP) is 7.04. The van der Waals surface area contributed by atoms with Crippen LogP contribution in [0.4, 0.5) is 0 Å². The molecule has 1 unspecified atom stereocenters. The molecular weight excluding hydrogens is 549 g/mol. The lowest BCUT2D eigenvalue weighted by Gasteiger charge is -2.22. The van der Waals surface area contributed by atoms with E-state index >= 15 is 0 Å². The second-order valence-corrected chi connectivity index (χ2v) is 12.6. The minimum atomic E-state index is -3.41. The molecule has 0 aliphatic rings. The van der Waals surface area contributed by atoms with Crippen LogP contribution in [0.25, 0.3) is 0 Å². The van der Waals surface area contributed by atoms with E-state index in [1.165, 1.54) is 71.1 Å². The summed E-state index contributed by atoms with van der Waals surface area (Å²) in [4.78, 5) is 11.4. The number of halogens is 2. The summed E-state index contributed by atoms with van der Waals surface area (Å²) in [6.45, 7) is 3.70. The number of hydrogen-bond acceptors (Lipinski definition) is 5. The second-order valence-electron chi connectivity index (χ2n) is 7.80. The fourth-order valence-electron chi connectivity index (χ4n) is 3.13. The number of rotatable bonds is 21.